The van der Waals surface area contributed by atoms with Crippen LogP contribution < -0.4 is 5.73 Å². The summed E-state index contributed by atoms with van der Waals surface area (Å²) in [5.74, 6) is 2.61. The SMILES string of the molecule is C#CCN(C(=O)C1(CN)CCCC1)C1CCS(=O)(=O)C1. The van der Waals surface area contributed by atoms with Gasteiger partial charge in [-0.15, -0.1) is 6.42 Å². The Labute approximate surface area is 120 Å². The van der Waals surface area contributed by atoms with E-state index in [9.17, 15) is 13.2 Å². The van der Waals surface area contributed by atoms with Crippen LogP contribution in [-0.2, 0) is 14.6 Å². The van der Waals surface area contributed by atoms with Crippen LogP contribution in [0, 0.1) is 17.8 Å². The summed E-state index contributed by atoms with van der Waals surface area (Å²) < 4.78 is 23.3. The molecule has 6 heteroatoms. The first kappa shape index (κ1) is 15.3. The van der Waals surface area contributed by atoms with Crippen LogP contribution in [0.15, 0.2) is 0 Å². The van der Waals surface area contributed by atoms with Gasteiger partial charge in [-0.2, -0.15) is 0 Å². The van der Waals surface area contributed by atoms with Crippen LogP contribution >= 0.6 is 0 Å². The predicted octanol–water partition coefficient (Wildman–Crippen LogP) is 0.154. The van der Waals surface area contributed by atoms with Crippen LogP contribution in [-0.4, -0.2) is 49.9 Å². The average molecular weight is 298 g/mol. The van der Waals surface area contributed by atoms with E-state index in [0.29, 0.717) is 13.0 Å². The fourth-order valence-corrected chi connectivity index (χ4v) is 5.08. The Balaban J connectivity index is 2.20. The molecule has 0 radical (unpaired) electrons. The second-order valence-electron chi connectivity index (χ2n) is 5.89. The van der Waals surface area contributed by atoms with Crippen molar-refractivity contribution >= 4 is 15.7 Å². The third-order valence-electron chi connectivity index (χ3n) is 4.58. The van der Waals surface area contributed by atoms with E-state index in [-0.39, 0.29) is 30.0 Å². The first-order valence-corrected chi connectivity index (χ1v) is 8.91. The van der Waals surface area contributed by atoms with E-state index in [1.165, 1.54) is 0 Å². The van der Waals surface area contributed by atoms with E-state index in [2.05, 4.69) is 5.92 Å². The summed E-state index contributed by atoms with van der Waals surface area (Å²) in [7, 11) is -3.04. The lowest BCUT2D eigenvalue weighted by Crippen LogP contribution is -2.51. The van der Waals surface area contributed by atoms with Crippen molar-refractivity contribution in [3.05, 3.63) is 0 Å². The molecule has 1 aliphatic heterocycles. The van der Waals surface area contributed by atoms with Crippen LogP contribution in [0.5, 0.6) is 0 Å². The first-order valence-electron chi connectivity index (χ1n) is 7.09. The zero-order chi connectivity index (χ0) is 14.8. The molecule has 1 amide bonds. The van der Waals surface area contributed by atoms with Crippen LogP contribution in [0.1, 0.15) is 32.1 Å². The van der Waals surface area contributed by atoms with Crippen molar-refractivity contribution in [2.24, 2.45) is 11.1 Å². The second-order valence-corrected chi connectivity index (χ2v) is 8.11. The van der Waals surface area contributed by atoms with Crippen molar-refractivity contribution in [1.82, 2.24) is 4.90 Å². The fourth-order valence-electron chi connectivity index (χ4n) is 3.35. The van der Waals surface area contributed by atoms with Gasteiger partial charge < -0.3 is 10.6 Å². The Morgan fingerprint density at radius 2 is 2.05 bits per heavy atom. The molecule has 2 N–H and O–H groups in total. The largest absolute Gasteiger partial charge is 0.329 e. The first-order chi connectivity index (χ1) is 9.44. The highest BCUT2D eigenvalue weighted by molar-refractivity contribution is 7.91. The molecular formula is C14H22N2O3S. The Bertz CT molecular complexity index is 515. The Morgan fingerprint density at radius 1 is 1.40 bits per heavy atom. The molecule has 20 heavy (non-hydrogen) atoms. The maximum Gasteiger partial charge on any atom is 0.231 e. The number of hydrogen-bond donors (Lipinski definition) is 1. The lowest BCUT2D eigenvalue weighted by molar-refractivity contribution is -0.142. The summed E-state index contributed by atoms with van der Waals surface area (Å²) in [6, 6.07) is -0.285. The predicted molar refractivity (Wildman–Crippen MR) is 77.6 cm³/mol. The molecule has 1 saturated carbocycles. The van der Waals surface area contributed by atoms with E-state index in [1.807, 2.05) is 0 Å². The number of sulfone groups is 1. The van der Waals surface area contributed by atoms with Crippen LogP contribution in [0.3, 0.4) is 0 Å². The monoisotopic (exact) mass is 298 g/mol. The quantitative estimate of drug-likeness (QED) is 0.749. The maximum atomic E-state index is 12.8. The minimum atomic E-state index is -3.04. The van der Waals surface area contributed by atoms with Gasteiger partial charge in [0.2, 0.25) is 5.91 Å². The van der Waals surface area contributed by atoms with Gasteiger partial charge in [0.15, 0.2) is 9.84 Å². The highest BCUT2D eigenvalue weighted by Crippen LogP contribution is 2.39. The lowest BCUT2D eigenvalue weighted by atomic mass is 9.84. The molecule has 1 heterocycles. The molecule has 1 aliphatic carbocycles. The van der Waals surface area contributed by atoms with Crippen molar-refractivity contribution in [3.63, 3.8) is 0 Å². The number of nitrogens with two attached hydrogens (primary N) is 1. The van der Waals surface area contributed by atoms with Crippen molar-refractivity contribution in [1.29, 1.82) is 0 Å². The molecule has 5 nitrogen and oxygen atoms in total. The number of amides is 1. The minimum absolute atomic E-state index is 0.0288. The Hall–Kier alpha value is -1.06. The molecule has 0 aromatic rings. The smallest absolute Gasteiger partial charge is 0.231 e. The number of terminal acetylenes is 1. The molecule has 0 aromatic carbocycles. The van der Waals surface area contributed by atoms with Gasteiger partial charge in [-0.3, -0.25) is 4.79 Å². The Morgan fingerprint density at radius 3 is 2.50 bits per heavy atom. The number of nitrogens with zero attached hydrogens (tertiary/aromatic N) is 1. The standard InChI is InChI=1S/C14H22N2O3S/c1-2-8-16(12-5-9-20(18,19)10-12)13(17)14(11-15)6-3-4-7-14/h1,12H,3-11,15H2. The maximum absolute atomic E-state index is 12.8. The van der Waals surface area contributed by atoms with Crippen LogP contribution in [0.2, 0.25) is 0 Å². The molecule has 2 aliphatic rings. The number of carbonyl (C=O) groups excluding carboxylic acids is 1. The highest BCUT2D eigenvalue weighted by atomic mass is 32.2. The van der Waals surface area contributed by atoms with Crippen molar-refractivity contribution in [2.45, 2.75) is 38.1 Å². The molecule has 1 atom stereocenters. The van der Waals surface area contributed by atoms with E-state index in [4.69, 9.17) is 12.2 Å². The second kappa shape index (κ2) is 5.74. The van der Waals surface area contributed by atoms with Gasteiger partial charge in [-0.1, -0.05) is 18.8 Å². The molecule has 112 valence electrons. The summed E-state index contributed by atoms with van der Waals surface area (Å²) in [4.78, 5) is 14.4. The summed E-state index contributed by atoms with van der Waals surface area (Å²) >= 11 is 0. The molecule has 0 spiro atoms. The molecular weight excluding hydrogens is 276 g/mol. The van der Waals surface area contributed by atoms with Gasteiger partial charge in [0.1, 0.15) is 0 Å². The molecule has 2 rings (SSSR count). The summed E-state index contributed by atoms with van der Waals surface area (Å²) in [6.45, 7) is 0.479. The average Bonchev–Trinajstić information content (AvgIpc) is 3.02. The molecule has 1 unspecified atom stereocenters. The highest BCUT2D eigenvalue weighted by Gasteiger charge is 2.45. The van der Waals surface area contributed by atoms with Gasteiger partial charge in [0.05, 0.1) is 23.5 Å². The summed E-state index contributed by atoms with van der Waals surface area (Å²) in [6.07, 6.45) is 9.40. The molecule has 0 aromatic heterocycles. The zero-order valence-corrected chi connectivity index (χ0v) is 12.5. The summed E-state index contributed by atoms with van der Waals surface area (Å²) in [5, 5.41) is 0. The third-order valence-corrected chi connectivity index (χ3v) is 6.33. The molecule has 1 saturated heterocycles. The van der Waals surface area contributed by atoms with E-state index in [0.717, 1.165) is 25.7 Å². The number of carbonyl (C=O) groups is 1. The Kier molecular flexibility index (Phi) is 4.40. The van der Waals surface area contributed by atoms with Crippen LogP contribution in [0.25, 0.3) is 0 Å². The van der Waals surface area contributed by atoms with E-state index >= 15 is 0 Å². The minimum Gasteiger partial charge on any atom is -0.329 e. The molecule has 2 fully saturated rings. The lowest BCUT2D eigenvalue weighted by Gasteiger charge is -2.35. The third kappa shape index (κ3) is 2.84. The fraction of sp³-hybridized carbons (Fsp3) is 0.786. The molecule has 0 bridgehead atoms. The number of hydrogen-bond acceptors (Lipinski definition) is 4. The van der Waals surface area contributed by atoms with Crippen molar-refractivity contribution in [3.8, 4) is 12.3 Å². The van der Waals surface area contributed by atoms with E-state index in [1.54, 1.807) is 4.90 Å². The van der Waals surface area contributed by atoms with Gasteiger partial charge in [-0.25, -0.2) is 8.42 Å². The van der Waals surface area contributed by atoms with Gasteiger partial charge in [0.25, 0.3) is 0 Å². The zero-order valence-electron chi connectivity index (χ0n) is 11.7. The van der Waals surface area contributed by atoms with Gasteiger partial charge in [-0.05, 0) is 19.3 Å². The topological polar surface area (TPSA) is 80.5 Å². The van der Waals surface area contributed by atoms with Gasteiger partial charge >= 0.3 is 0 Å². The van der Waals surface area contributed by atoms with Crippen molar-refractivity contribution < 1.29 is 13.2 Å². The van der Waals surface area contributed by atoms with E-state index < -0.39 is 15.3 Å². The summed E-state index contributed by atoms with van der Waals surface area (Å²) in [5.41, 5.74) is 5.31. The van der Waals surface area contributed by atoms with Gasteiger partial charge in [0, 0.05) is 12.6 Å². The number of rotatable bonds is 4. The van der Waals surface area contributed by atoms with Crippen LogP contribution in [0.4, 0.5) is 0 Å². The van der Waals surface area contributed by atoms with Crippen molar-refractivity contribution in [2.75, 3.05) is 24.6 Å². The normalized spacial score (nSPS) is 27.1.